The molecule has 2 rings (SSSR count). The third-order valence-corrected chi connectivity index (χ3v) is 6.86. The van der Waals surface area contributed by atoms with Gasteiger partial charge < -0.3 is 9.64 Å². The molecule has 0 aromatic heterocycles. The van der Waals surface area contributed by atoms with Crippen molar-refractivity contribution < 1.29 is 22.7 Å². The maximum Gasteiger partial charge on any atom is 0.338 e. The number of esters is 1. The van der Waals surface area contributed by atoms with Crippen molar-refractivity contribution in [2.75, 3.05) is 18.1 Å². The Hall–Kier alpha value is -1.89. The Morgan fingerprint density at radius 2 is 2.00 bits per heavy atom. The third kappa shape index (κ3) is 4.63. The Morgan fingerprint density at radius 1 is 1.31 bits per heavy atom. The highest BCUT2D eigenvalue weighted by Gasteiger charge is 2.36. The summed E-state index contributed by atoms with van der Waals surface area (Å²) in [6.45, 7) is 7.18. The molecule has 0 aliphatic carbocycles. The zero-order valence-corrected chi connectivity index (χ0v) is 16.6. The van der Waals surface area contributed by atoms with Crippen LogP contribution < -0.4 is 0 Å². The predicted octanol–water partition coefficient (Wildman–Crippen LogP) is 2.27. The average molecular weight is 381 g/mol. The van der Waals surface area contributed by atoms with Crippen LogP contribution in [0.1, 0.15) is 48.2 Å². The number of hydrogen-bond donors (Lipinski definition) is 0. The highest BCUT2D eigenvalue weighted by molar-refractivity contribution is 7.91. The summed E-state index contributed by atoms with van der Waals surface area (Å²) in [5.41, 5.74) is 2.24. The van der Waals surface area contributed by atoms with E-state index in [2.05, 4.69) is 0 Å². The van der Waals surface area contributed by atoms with Crippen LogP contribution in [0.5, 0.6) is 0 Å². The Kier molecular flexibility index (Phi) is 6.44. The maximum atomic E-state index is 12.7. The highest BCUT2D eigenvalue weighted by atomic mass is 32.2. The second kappa shape index (κ2) is 8.20. The molecule has 0 spiro atoms. The minimum Gasteiger partial charge on any atom is -0.452 e. The summed E-state index contributed by atoms with van der Waals surface area (Å²) in [6, 6.07) is 4.89. The molecular formula is C19H27NO5S. The van der Waals surface area contributed by atoms with Crippen molar-refractivity contribution >= 4 is 21.7 Å². The van der Waals surface area contributed by atoms with Gasteiger partial charge in [-0.3, -0.25) is 4.79 Å². The molecule has 7 heteroatoms. The van der Waals surface area contributed by atoms with E-state index in [1.54, 1.807) is 17.0 Å². The lowest BCUT2D eigenvalue weighted by molar-refractivity contribution is -0.138. The number of carbonyl (C=O) groups is 2. The van der Waals surface area contributed by atoms with Gasteiger partial charge in [-0.2, -0.15) is 0 Å². The standard InChI is InChI=1S/C19H27NO5S/c1-5-14(3)20(16-9-10-26(23,24)12-16)18(21)11-25-19(22)17-8-6-7-13(2)15(17)4/h6-8,14,16H,5,9-12H2,1-4H3/t14-,16+/m0/s1. The Labute approximate surface area is 155 Å². The van der Waals surface area contributed by atoms with Gasteiger partial charge in [-0.15, -0.1) is 0 Å². The van der Waals surface area contributed by atoms with Crippen LogP contribution in [0.3, 0.4) is 0 Å². The second-order valence-electron chi connectivity index (χ2n) is 6.94. The van der Waals surface area contributed by atoms with E-state index in [0.717, 1.165) is 11.1 Å². The van der Waals surface area contributed by atoms with Crippen molar-refractivity contribution in [3.63, 3.8) is 0 Å². The zero-order chi connectivity index (χ0) is 19.5. The van der Waals surface area contributed by atoms with Crippen molar-refractivity contribution in [1.82, 2.24) is 4.90 Å². The van der Waals surface area contributed by atoms with Crippen molar-refractivity contribution in [2.45, 2.75) is 52.6 Å². The number of rotatable bonds is 6. The van der Waals surface area contributed by atoms with E-state index in [-0.39, 0.29) is 36.1 Å². The fourth-order valence-corrected chi connectivity index (χ4v) is 4.96. The lowest BCUT2D eigenvalue weighted by Gasteiger charge is -2.33. The SMILES string of the molecule is CC[C@H](C)N(C(=O)COC(=O)c1cccc(C)c1C)[C@@H]1CCS(=O)(=O)C1. The number of nitrogens with zero attached hydrogens (tertiary/aromatic N) is 1. The first-order valence-corrected chi connectivity index (χ1v) is 10.7. The van der Waals surface area contributed by atoms with Gasteiger partial charge in [0, 0.05) is 12.1 Å². The molecule has 1 aliphatic heterocycles. The Bertz CT molecular complexity index is 787. The van der Waals surface area contributed by atoms with E-state index in [0.29, 0.717) is 18.4 Å². The normalized spacial score (nSPS) is 19.8. The van der Waals surface area contributed by atoms with Gasteiger partial charge in [0.05, 0.1) is 17.1 Å². The smallest absolute Gasteiger partial charge is 0.338 e. The van der Waals surface area contributed by atoms with E-state index >= 15 is 0 Å². The number of hydrogen-bond acceptors (Lipinski definition) is 5. The molecule has 0 saturated carbocycles. The molecule has 1 fully saturated rings. The van der Waals surface area contributed by atoms with Gasteiger partial charge in [-0.1, -0.05) is 19.1 Å². The molecule has 144 valence electrons. The first-order chi connectivity index (χ1) is 12.2. The van der Waals surface area contributed by atoms with Gasteiger partial charge in [0.2, 0.25) is 0 Å². The number of amides is 1. The summed E-state index contributed by atoms with van der Waals surface area (Å²) in [4.78, 5) is 26.6. The van der Waals surface area contributed by atoms with Crippen LogP contribution in [-0.4, -0.2) is 55.4 Å². The van der Waals surface area contributed by atoms with E-state index < -0.39 is 15.8 Å². The summed E-state index contributed by atoms with van der Waals surface area (Å²) in [7, 11) is -3.10. The largest absolute Gasteiger partial charge is 0.452 e. The van der Waals surface area contributed by atoms with Gasteiger partial charge in [0.1, 0.15) is 0 Å². The van der Waals surface area contributed by atoms with Gasteiger partial charge in [0.15, 0.2) is 16.4 Å². The first kappa shape index (κ1) is 20.4. The fraction of sp³-hybridized carbons (Fsp3) is 0.579. The second-order valence-corrected chi connectivity index (χ2v) is 9.17. The topological polar surface area (TPSA) is 80.8 Å². The molecule has 0 bridgehead atoms. The van der Waals surface area contributed by atoms with Gasteiger partial charge in [-0.05, 0) is 50.8 Å². The number of ether oxygens (including phenoxy) is 1. The molecule has 1 amide bonds. The van der Waals surface area contributed by atoms with E-state index in [1.807, 2.05) is 33.8 Å². The molecule has 1 aliphatic rings. The van der Waals surface area contributed by atoms with Crippen LogP contribution in [0.15, 0.2) is 18.2 Å². The summed E-state index contributed by atoms with van der Waals surface area (Å²) in [6.07, 6.45) is 1.14. The molecule has 0 radical (unpaired) electrons. The fourth-order valence-electron chi connectivity index (χ4n) is 3.25. The van der Waals surface area contributed by atoms with Crippen LogP contribution in [-0.2, 0) is 19.4 Å². The molecule has 1 aromatic rings. The van der Waals surface area contributed by atoms with Crippen LogP contribution in [0.4, 0.5) is 0 Å². The third-order valence-electron chi connectivity index (χ3n) is 5.11. The van der Waals surface area contributed by atoms with Crippen molar-refractivity contribution in [3.05, 3.63) is 34.9 Å². The van der Waals surface area contributed by atoms with Crippen molar-refractivity contribution in [1.29, 1.82) is 0 Å². The average Bonchev–Trinajstić information content (AvgIpc) is 2.94. The molecule has 1 aromatic carbocycles. The van der Waals surface area contributed by atoms with Crippen molar-refractivity contribution in [3.8, 4) is 0 Å². The maximum absolute atomic E-state index is 12.7. The minimum absolute atomic E-state index is 0.0198. The number of benzene rings is 1. The quantitative estimate of drug-likeness (QED) is 0.706. The van der Waals surface area contributed by atoms with Gasteiger partial charge >= 0.3 is 5.97 Å². The van der Waals surface area contributed by atoms with Crippen LogP contribution in [0.25, 0.3) is 0 Å². The molecule has 1 heterocycles. The van der Waals surface area contributed by atoms with Crippen LogP contribution in [0, 0.1) is 13.8 Å². The van der Waals surface area contributed by atoms with E-state index in [9.17, 15) is 18.0 Å². The molecule has 2 atom stereocenters. The van der Waals surface area contributed by atoms with Crippen LogP contribution >= 0.6 is 0 Å². The lowest BCUT2D eigenvalue weighted by atomic mass is 10.0. The Morgan fingerprint density at radius 3 is 2.58 bits per heavy atom. The zero-order valence-electron chi connectivity index (χ0n) is 15.8. The summed E-state index contributed by atoms with van der Waals surface area (Å²) in [5, 5.41) is 0. The Balaban J connectivity index is 2.07. The summed E-state index contributed by atoms with van der Waals surface area (Å²) in [5.74, 6) is -0.809. The minimum atomic E-state index is -3.10. The molecule has 0 unspecified atom stereocenters. The van der Waals surface area contributed by atoms with Gasteiger partial charge in [0.25, 0.3) is 5.91 Å². The lowest BCUT2D eigenvalue weighted by Crippen LogP contribution is -2.48. The van der Waals surface area contributed by atoms with E-state index in [1.165, 1.54) is 0 Å². The van der Waals surface area contributed by atoms with Gasteiger partial charge in [-0.25, -0.2) is 13.2 Å². The molecule has 0 N–H and O–H groups in total. The molecular weight excluding hydrogens is 354 g/mol. The molecule has 6 nitrogen and oxygen atoms in total. The number of aryl methyl sites for hydroxylation is 1. The summed E-state index contributed by atoms with van der Waals surface area (Å²) < 4.78 is 28.8. The molecule has 1 saturated heterocycles. The highest BCUT2D eigenvalue weighted by Crippen LogP contribution is 2.22. The number of sulfone groups is 1. The monoisotopic (exact) mass is 381 g/mol. The van der Waals surface area contributed by atoms with Crippen molar-refractivity contribution in [2.24, 2.45) is 0 Å². The predicted molar refractivity (Wildman–Crippen MR) is 99.9 cm³/mol. The van der Waals surface area contributed by atoms with Crippen LogP contribution in [0.2, 0.25) is 0 Å². The van der Waals surface area contributed by atoms with E-state index in [4.69, 9.17) is 4.74 Å². The molecule has 26 heavy (non-hydrogen) atoms. The number of carbonyl (C=O) groups excluding carboxylic acids is 2. The first-order valence-electron chi connectivity index (χ1n) is 8.91. The summed E-state index contributed by atoms with van der Waals surface area (Å²) >= 11 is 0.